The van der Waals surface area contributed by atoms with Gasteiger partial charge in [0.1, 0.15) is 6.04 Å². The van der Waals surface area contributed by atoms with E-state index in [2.05, 4.69) is 10.3 Å². The van der Waals surface area contributed by atoms with Crippen molar-refractivity contribution in [3.63, 3.8) is 0 Å². The van der Waals surface area contributed by atoms with Crippen molar-refractivity contribution in [2.45, 2.75) is 57.0 Å². The van der Waals surface area contributed by atoms with E-state index in [0.29, 0.717) is 0 Å². The molecule has 4 aliphatic carbocycles. The van der Waals surface area contributed by atoms with Crippen LogP contribution >= 0.6 is 0 Å². The number of rotatable bonds is 3. The zero-order valence-electron chi connectivity index (χ0n) is 14.2. The van der Waals surface area contributed by atoms with Gasteiger partial charge in [-0.3, -0.25) is 4.79 Å². The zero-order chi connectivity index (χ0) is 16.3. The van der Waals surface area contributed by atoms with Gasteiger partial charge in [0.25, 0.3) is 0 Å². The van der Waals surface area contributed by atoms with Gasteiger partial charge in [-0.25, -0.2) is 4.98 Å². The Balaban J connectivity index is 1.39. The third-order valence-corrected chi connectivity index (χ3v) is 6.70. The lowest BCUT2D eigenvalue weighted by molar-refractivity contribution is -0.129. The Morgan fingerprint density at radius 1 is 1.17 bits per heavy atom. The molecule has 4 fully saturated rings. The van der Waals surface area contributed by atoms with E-state index in [1.165, 1.54) is 38.5 Å². The van der Waals surface area contributed by atoms with Crippen molar-refractivity contribution >= 4 is 16.9 Å². The van der Waals surface area contributed by atoms with E-state index in [1.54, 1.807) is 6.33 Å². The molecular formula is C20H25N3O. The molecule has 0 aliphatic heterocycles. The molecule has 0 radical (unpaired) electrons. The number of nitrogens with zero attached hydrogens (tertiary/aromatic N) is 2. The lowest BCUT2D eigenvalue weighted by Crippen LogP contribution is -2.60. The predicted molar refractivity (Wildman–Crippen MR) is 93.5 cm³/mol. The molecule has 1 aromatic carbocycles. The molecule has 1 aromatic heterocycles. The Labute approximate surface area is 142 Å². The van der Waals surface area contributed by atoms with Gasteiger partial charge in [0.15, 0.2) is 0 Å². The van der Waals surface area contributed by atoms with Crippen LogP contribution in [-0.2, 0) is 4.79 Å². The van der Waals surface area contributed by atoms with Crippen molar-refractivity contribution in [3.8, 4) is 0 Å². The quantitative estimate of drug-likeness (QED) is 0.936. The maximum atomic E-state index is 13.0. The van der Waals surface area contributed by atoms with Crippen molar-refractivity contribution in [3.05, 3.63) is 30.6 Å². The van der Waals surface area contributed by atoms with Crippen molar-refractivity contribution in [1.29, 1.82) is 0 Å². The molecule has 126 valence electrons. The molecule has 1 amide bonds. The molecule has 4 bridgehead atoms. The monoisotopic (exact) mass is 323 g/mol. The van der Waals surface area contributed by atoms with Gasteiger partial charge in [0.05, 0.1) is 17.4 Å². The first-order chi connectivity index (χ1) is 11.6. The number of benzene rings is 1. The number of aromatic nitrogens is 2. The standard InChI is InChI=1S/C20H25N3O/c1-13(23-12-21-17-4-2-3-5-18(17)23)19(24)22-20-9-14-6-15(10-20)8-16(7-14)11-20/h2-5,12-16H,6-11H2,1H3,(H,22,24). The summed E-state index contributed by atoms with van der Waals surface area (Å²) in [5, 5.41) is 3.49. The number of imidazole rings is 1. The van der Waals surface area contributed by atoms with Gasteiger partial charge in [-0.05, 0) is 75.3 Å². The van der Waals surface area contributed by atoms with E-state index < -0.39 is 0 Å². The first-order valence-electron chi connectivity index (χ1n) is 9.35. The van der Waals surface area contributed by atoms with Crippen LogP contribution in [0.1, 0.15) is 51.5 Å². The second-order valence-electron chi connectivity index (χ2n) is 8.50. The van der Waals surface area contributed by atoms with E-state index in [9.17, 15) is 4.79 Å². The van der Waals surface area contributed by atoms with E-state index >= 15 is 0 Å². The van der Waals surface area contributed by atoms with Crippen LogP contribution in [0.4, 0.5) is 0 Å². The lowest BCUT2D eigenvalue weighted by atomic mass is 9.53. The Kier molecular flexibility index (Phi) is 3.07. The molecule has 4 heteroatoms. The third-order valence-electron chi connectivity index (χ3n) is 6.70. The summed E-state index contributed by atoms with van der Waals surface area (Å²) in [4.78, 5) is 17.4. The van der Waals surface area contributed by atoms with E-state index in [4.69, 9.17) is 0 Å². The smallest absolute Gasteiger partial charge is 0.243 e. The molecule has 0 saturated heterocycles. The zero-order valence-corrected chi connectivity index (χ0v) is 14.2. The number of nitrogens with one attached hydrogen (secondary N) is 1. The minimum atomic E-state index is -0.217. The number of amides is 1. The van der Waals surface area contributed by atoms with Crippen LogP contribution in [0.15, 0.2) is 30.6 Å². The first-order valence-corrected chi connectivity index (χ1v) is 9.35. The number of carbonyl (C=O) groups is 1. The van der Waals surface area contributed by atoms with Crippen LogP contribution in [0.5, 0.6) is 0 Å². The van der Waals surface area contributed by atoms with E-state index in [1.807, 2.05) is 35.8 Å². The minimum absolute atomic E-state index is 0.0798. The topological polar surface area (TPSA) is 46.9 Å². The molecule has 2 aromatic rings. The summed E-state index contributed by atoms with van der Waals surface area (Å²) in [5.74, 6) is 2.70. The van der Waals surface area contributed by atoms with Crippen LogP contribution in [-0.4, -0.2) is 21.0 Å². The first kappa shape index (κ1) is 14.5. The molecule has 4 aliphatic rings. The maximum absolute atomic E-state index is 13.0. The third kappa shape index (κ3) is 2.19. The summed E-state index contributed by atoms with van der Waals surface area (Å²) in [6.07, 6.45) is 9.59. The molecule has 6 rings (SSSR count). The van der Waals surface area contributed by atoms with Crippen molar-refractivity contribution in [2.75, 3.05) is 0 Å². The fraction of sp³-hybridized carbons (Fsp3) is 0.600. The average molecular weight is 323 g/mol. The molecule has 1 atom stereocenters. The summed E-state index contributed by atoms with van der Waals surface area (Å²) >= 11 is 0. The van der Waals surface area contributed by atoms with Crippen molar-refractivity contribution in [1.82, 2.24) is 14.9 Å². The van der Waals surface area contributed by atoms with Crippen LogP contribution in [0.2, 0.25) is 0 Å². The van der Waals surface area contributed by atoms with E-state index in [-0.39, 0.29) is 17.5 Å². The predicted octanol–water partition coefficient (Wildman–Crippen LogP) is 3.68. The summed E-state index contributed by atoms with van der Waals surface area (Å²) in [6.45, 7) is 1.99. The highest BCUT2D eigenvalue weighted by Crippen LogP contribution is 2.55. The van der Waals surface area contributed by atoms with Gasteiger partial charge in [0, 0.05) is 5.54 Å². The molecular weight excluding hydrogens is 298 g/mol. The van der Waals surface area contributed by atoms with E-state index in [0.717, 1.165) is 28.8 Å². The Bertz CT molecular complexity index is 758. The normalized spacial score (nSPS) is 35.3. The fourth-order valence-electron chi connectivity index (χ4n) is 6.04. The molecule has 1 N–H and O–H groups in total. The second kappa shape index (κ2) is 5.08. The van der Waals surface area contributed by atoms with Gasteiger partial charge >= 0.3 is 0 Å². The summed E-state index contributed by atoms with van der Waals surface area (Å²) in [5.41, 5.74) is 2.06. The molecule has 1 unspecified atom stereocenters. The molecule has 24 heavy (non-hydrogen) atoms. The van der Waals surface area contributed by atoms with Gasteiger partial charge < -0.3 is 9.88 Å². The highest BCUT2D eigenvalue weighted by atomic mass is 16.2. The molecule has 1 heterocycles. The average Bonchev–Trinajstić information content (AvgIpc) is 2.96. The second-order valence-corrected chi connectivity index (χ2v) is 8.50. The fourth-order valence-corrected chi connectivity index (χ4v) is 6.04. The van der Waals surface area contributed by atoms with Crippen LogP contribution in [0.3, 0.4) is 0 Å². The molecule has 4 saturated carbocycles. The number of hydrogen-bond donors (Lipinski definition) is 1. The Hall–Kier alpha value is -1.84. The van der Waals surface area contributed by atoms with Crippen LogP contribution in [0.25, 0.3) is 11.0 Å². The number of fused-ring (bicyclic) bond motifs is 1. The Morgan fingerprint density at radius 3 is 2.46 bits per heavy atom. The van der Waals surface area contributed by atoms with Crippen molar-refractivity contribution < 1.29 is 4.79 Å². The molecule has 4 nitrogen and oxygen atoms in total. The van der Waals surface area contributed by atoms with Crippen molar-refractivity contribution in [2.24, 2.45) is 17.8 Å². The highest BCUT2D eigenvalue weighted by Gasteiger charge is 2.51. The maximum Gasteiger partial charge on any atom is 0.243 e. The number of carbonyl (C=O) groups excluding carboxylic acids is 1. The lowest BCUT2D eigenvalue weighted by Gasteiger charge is -2.57. The van der Waals surface area contributed by atoms with Gasteiger partial charge in [-0.15, -0.1) is 0 Å². The minimum Gasteiger partial charge on any atom is -0.349 e. The van der Waals surface area contributed by atoms with Gasteiger partial charge in [-0.2, -0.15) is 0 Å². The highest BCUT2D eigenvalue weighted by molar-refractivity contribution is 5.84. The Morgan fingerprint density at radius 2 is 1.79 bits per heavy atom. The molecule has 0 spiro atoms. The van der Waals surface area contributed by atoms with Crippen LogP contribution in [0, 0.1) is 17.8 Å². The van der Waals surface area contributed by atoms with Gasteiger partial charge in [-0.1, -0.05) is 12.1 Å². The summed E-state index contributed by atoms with van der Waals surface area (Å²) in [6, 6.07) is 7.81. The summed E-state index contributed by atoms with van der Waals surface area (Å²) < 4.78 is 2.01. The van der Waals surface area contributed by atoms with Crippen LogP contribution < -0.4 is 5.32 Å². The van der Waals surface area contributed by atoms with Gasteiger partial charge in [0.2, 0.25) is 5.91 Å². The SMILES string of the molecule is CC(C(=O)NC12CC3CC(CC(C3)C1)C2)n1cnc2ccccc21. The largest absolute Gasteiger partial charge is 0.349 e. The number of para-hydroxylation sites is 2. The summed E-state index contributed by atoms with van der Waals surface area (Å²) in [7, 11) is 0. The number of hydrogen-bond acceptors (Lipinski definition) is 2.